The molecule has 0 N–H and O–H groups in total. The van der Waals surface area contributed by atoms with Gasteiger partial charge in [0.05, 0.1) is 8.07 Å². The molecular formula is C24H28SiZr. The molecule has 0 nitrogen and oxygen atoms in total. The molecule has 4 aromatic rings. The van der Waals surface area contributed by atoms with Gasteiger partial charge in [-0.3, -0.25) is 0 Å². The molecule has 0 fully saturated rings. The van der Waals surface area contributed by atoms with Gasteiger partial charge in [0.1, 0.15) is 0 Å². The van der Waals surface area contributed by atoms with Gasteiger partial charge >= 0.3 is 26.2 Å². The largest absolute Gasteiger partial charge is 4.00 e. The first-order chi connectivity index (χ1) is 11.3. The number of hydrogen-bond acceptors (Lipinski definition) is 0. The second-order valence-corrected chi connectivity index (χ2v) is 11.3. The second-order valence-electron chi connectivity index (χ2n) is 6.54. The van der Waals surface area contributed by atoms with Crippen LogP contribution in [0.15, 0.2) is 72.8 Å². The Morgan fingerprint density at radius 2 is 1.08 bits per heavy atom. The Bertz CT molecular complexity index is 814. The third-order valence-electron chi connectivity index (χ3n) is 5.55. The molecule has 0 saturated heterocycles. The molecular weight excluding hydrogens is 408 g/mol. The van der Waals surface area contributed by atoms with Crippen LogP contribution in [0.1, 0.15) is 13.8 Å². The topological polar surface area (TPSA) is 0 Å². The Morgan fingerprint density at radius 1 is 0.692 bits per heavy atom. The third kappa shape index (κ3) is 3.59. The Labute approximate surface area is 179 Å². The van der Waals surface area contributed by atoms with Crippen molar-refractivity contribution in [2.75, 3.05) is 0 Å². The maximum absolute atomic E-state index is 2.45. The normalized spacial score (nSPS) is 10.8. The van der Waals surface area contributed by atoms with Crippen LogP contribution in [-0.2, 0) is 26.2 Å². The molecule has 0 saturated carbocycles. The third-order valence-corrected chi connectivity index (χ3v) is 10.8. The van der Waals surface area contributed by atoms with Crippen molar-refractivity contribution in [3.05, 3.63) is 87.6 Å². The Balaban J connectivity index is 0.00000113. The summed E-state index contributed by atoms with van der Waals surface area (Å²) >= 11 is 0. The zero-order valence-corrected chi connectivity index (χ0v) is 19.8. The SMILES string of the molecule is CC[Si](CC)(c1cc2ccccc2[cH-]1)c1cc2ccccc2[cH-]1.[CH3-].[CH3-].[Zr+4]. The van der Waals surface area contributed by atoms with Gasteiger partial charge in [0, 0.05) is 0 Å². The van der Waals surface area contributed by atoms with Gasteiger partial charge in [-0.15, -0.1) is 69.7 Å². The summed E-state index contributed by atoms with van der Waals surface area (Å²) in [6.45, 7) is 4.76. The fraction of sp³-hybridized carbons (Fsp3) is 0.167. The number of rotatable bonds is 4. The van der Waals surface area contributed by atoms with Crippen molar-refractivity contribution in [1.82, 2.24) is 0 Å². The Morgan fingerprint density at radius 3 is 1.42 bits per heavy atom. The first-order valence-corrected chi connectivity index (χ1v) is 11.0. The van der Waals surface area contributed by atoms with E-state index in [1.165, 1.54) is 33.6 Å². The fourth-order valence-corrected chi connectivity index (χ4v) is 8.28. The van der Waals surface area contributed by atoms with Gasteiger partial charge in [-0.1, -0.05) is 38.1 Å². The van der Waals surface area contributed by atoms with Crippen molar-refractivity contribution in [3.8, 4) is 0 Å². The molecule has 0 unspecified atom stereocenters. The summed E-state index contributed by atoms with van der Waals surface area (Å²) in [4.78, 5) is 0. The van der Waals surface area contributed by atoms with E-state index in [2.05, 4.69) is 86.6 Å². The van der Waals surface area contributed by atoms with E-state index in [0.29, 0.717) is 0 Å². The predicted molar refractivity (Wildman–Crippen MR) is 118 cm³/mol. The molecule has 0 aliphatic carbocycles. The van der Waals surface area contributed by atoms with Crippen LogP contribution < -0.4 is 10.4 Å². The molecule has 0 aliphatic rings. The van der Waals surface area contributed by atoms with Crippen molar-refractivity contribution in [1.29, 1.82) is 0 Å². The summed E-state index contributed by atoms with van der Waals surface area (Å²) in [5.41, 5.74) is 0. The van der Waals surface area contributed by atoms with Gasteiger partial charge in [0.25, 0.3) is 0 Å². The molecule has 0 aromatic heterocycles. The van der Waals surface area contributed by atoms with Gasteiger partial charge < -0.3 is 14.9 Å². The number of hydrogen-bond donors (Lipinski definition) is 0. The molecule has 4 rings (SSSR count). The molecule has 0 amide bonds. The summed E-state index contributed by atoms with van der Waals surface area (Å²) < 4.78 is 0. The second kappa shape index (κ2) is 9.11. The molecule has 0 aliphatic heterocycles. The monoisotopic (exact) mass is 434 g/mol. The molecule has 132 valence electrons. The quantitative estimate of drug-likeness (QED) is 0.275. The number of benzene rings is 2. The minimum Gasteiger partial charge on any atom is -0.358 e. The number of fused-ring (bicyclic) bond motifs is 2. The minimum atomic E-state index is -1.66. The molecule has 0 spiro atoms. The molecule has 0 bridgehead atoms. The summed E-state index contributed by atoms with van der Waals surface area (Å²) in [5.74, 6) is 0. The van der Waals surface area contributed by atoms with Gasteiger partial charge in [-0.05, 0) is 0 Å². The summed E-state index contributed by atoms with van der Waals surface area (Å²) in [7, 11) is -1.66. The van der Waals surface area contributed by atoms with Crippen molar-refractivity contribution in [2.45, 2.75) is 25.9 Å². The van der Waals surface area contributed by atoms with Gasteiger partial charge in [-0.2, -0.15) is 22.9 Å². The summed E-state index contributed by atoms with van der Waals surface area (Å²) in [5, 5.41) is 8.74. The fourth-order valence-electron chi connectivity index (χ4n) is 4.09. The summed E-state index contributed by atoms with van der Waals surface area (Å²) in [6.07, 6.45) is 0. The summed E-state index contributed by atoms with van der Waals surface area (Å²) in [6, 6.07) is 29.9. The maximum Gasteiger partial charge on any atom is 4.00 e. The van der Waals surface area contributed by atoms with E-state index >= 15 is 0 Å². The predicted octanol–water partition coefficient (Wildman–Crippen LogP) is 5.93. The smallest absolute Gasteiger partial charge is 0.358 e. The minimum absolute atomic E-state index is 0. The van der Waals surface area contributed by atoms with E-state index in [1.807, 2.05) is 0 Å². The van der Waals surface area contributed by atoms with E-state index in [1.54, 1.807) is 10.4 Å². The van der Waals surface area contributed by atoms with Gasteiger partial charge in [0.15, 0.2) is 0 Å². The van der Waals surface area contributed by atoms with E-state index in [-0.39, 0.29) is 41.1 Å². The molecule has 4 aromatic carbocycles. The zero-order chi connectivity index (χ0) is 15.9. The van der Waals surface area contributed by atoms with E-state index in [9.17, 15) is 0 Å². The standard InChI is InChI=1S/C22H22Si.2CH3.Zr/c1-3-23(4-2,21-13-17-9-5-6-10-18(17)14-21)22-15-19-11-7-8-12-20(19)16-22;;;/h5-16H,3-4H2,1-2H3;2*1H3;/q-2;2*-1;+4. The van der Waals surface area contributed by atoms with Gasteiger partial charge in [0.2, 0.25) is 0 Å². The van der Waals surface area contributed by atoms with Crippen LogP contribution in [0.4, 0.5) is 0 Å². The van der Waals surface area contributed by atoms with Crippen LogP contribution >= 0.6 is 0 Å². The van der Waals surface area contributed by atoms with Crippen LogP contribution in [0.2, 0.25) is 12.1 Å². The molecule has 0 radical (unpaired) electrons. The molecule has 2 heteroatoms. The van der Waals surface area contributed by atoms with Gasteiger partial charge in [-0.25, -0.2) is 0 Å². The van der Waals surface area contributed by atoms with Crippen molar-refractivity contribution in [2.24, 2.45) is 0 Å². The van der Waals surface area contributed by atoms with Crippen LogP contribution in [0, 0.1) is 14.9 Å². The average molecular weight is 436 g/mol. The average Bonchev–Trinajstić information content (AvgIpc) is 3.21. The molecule has 0 heterocycles. The van der Waals surface area contributed by atoms with Crippen molar-refractivity contribution >= 4 is 40.0 Å². The first-order valence-electron chi connectivity index (χ1n) is 8.59. The van der Waals surface area contributed by atoms with Crippen LogP contribution in [0.5, 0.6) is 0 Å². The first kappa shape index (κ1) is 22.8. The molecule has 0 atom stereocenters. The molecule has 26 heavy (non-hydrogen) atoms. The van der Waals surface area contributed by atoms with Crippen LogP contribution in [0.3, 0.4) is 0 Å². The van der Waals surface area contributed by atoms with E-state index in [0.717, 1.165) is 0 Å². The van der Waals surface area contributed by atoms with E-state index in [4.69, 9.17) is 0 Å². The van der Waals surface area contributed by atoms with E-state index < -0.39 is 8.07 Å². The zero-order valence-electron chi connectivity index (χ0n) is 16.3. The van der Waals surface area contributed by atoms with Crippen LogP contribution in [-0.4, -0.2) is 8.07 Å². The van der Waals surface area contributed by atoms with Crippen LogP contribution in [0.25, 0.3) is 21.5 Å². The van der Waals surface area contributed by atoms with Crippen molar-refractivity contribution in [3.63, 3.8) is 0 Å². The Kier molecular flexibility index (Phi) is 7.99. The maximum atomic E-state index is 2.45. The Hall–Kier alpha value is -1.24. The van der Waals surface area contributed by atoms with Crippen molar-refractivity contribution < 1.29 is 26.2 Å².